The number of benzene rings is 1. The van der Waals surface area contributed by atoms with Gasteiger partial charge in [0, 0.05) is 28.9 Å². The van der Waals surface area contributed by atoms with E-state index >= 15 is 0 Å². The first-order chi connectivity index (χ1) is 8.85. The molecule has 0 aliphatic heterocycles. The predicted octanol–water partition coefficient (Wildman–Crippen LogP) is 1.26. The first-order valence-corrected chi connectivity index (χ1v) is 9.65. The van der Waals surface area contributed by atoms with Gasteiger partial charge in [-0.05, 0) is 12.0 Å². The molecule has 108 valence electrons. The lowest BCUT2D eigenvalue weighted by Crippen LogP contribution is -2.32. The summed E-state index contributed by atoms with van der Waals surface area (Å²) in [4.78, 5) is 0. The first-order valence-electron chi connectivity index (χ1n) is 6.20. The molecule has 3 unspecified atom stereocenters. The van der Waals surface area contributed by atoms with Crippen molar-refractivity contribution in [3.8, 4) is 0 Å². The molecule has 0 fully saturated rings. The van der Waals surface area contributed by atoms with Gasteiger partial charge >= 0.3 is 0 Å². The van der Waals surface area contributed by atoms with Crippen molar-refractivity contribution in [2.75, 3.05) is 17.8 Å². The highest BCUT2D eigenvalue weighted by molar-refractivity contribution is 7.92. The van der Waals surface area contributed by atoms with E-state index in [1.165, 1.54) is 0 Å². The Morgan fingerprint density at radius 3 is 2.32 bits per heavy atom. The van der Waals surface area contributed by atoms with Crippen molar-refractivity contribution in [2.45, 2.75) is 24.6 Å². The van der Waals surface area contributed by atoms with Crippen molar-refractivity contribution in [1.29, 1.82) is 0 Å². The summed E-state index contributed by atoms with van der Waals surface area (Å²) in [6.07, 6.45) is 1.81. The molecule has 0 amide bonds. The summed E-state index contributed by atoms with van der Waals surface area (Å²) < 4.78 is 34.4. The Morgan fingerprint density at radius 1 is 1.26 bits per heavy atom. The molecule has 0 saturated carbocycles. The van der Waals surface area contributed by atoms with Crippen LogP contribution in [0.15, 0.2) is 30.3 Å². The highest BCUT2D eigenvalue weighted by Gasteiger charge is 2.24. The van der Waals surface area contributed by atoms with Gasteiger partial charge in [0.1, 0.15) is 9.84 Å². The van der Waals surface area contributed by atoms with E-state index in [1.54, 1.807) is 0 Å². The lowest BCUT2D eigenvalue weighted by atomic mass is 10.0. The largest absolute Gasteiger partial charge is 0.323 e. The zero-order valence-electron chi connectivity index (χ0n) is 11.3. The Morgan fingerprint density at radius 2 is 1.84 bits per heavy atom. The summed E-state index contributed by atoms with van der Waals surface area (Å²) >= 11 is 0. The van der Waals surface area contributed by atoms with E-state index in [1.807, 2.05) is 37.3 Å². The maximum Gasteiger partial charge on any atom is 0.148 e. The lowest BCUT2D eigenvalue weighted by molar-refractivity contribution is 0.599. The summed E-state index contributed by atoms with van der Waals surface area (Å²) in [5, 5.41) is -0.218. The van der Waals surface area contributed by atoms with Crippen LogP contribution in [-0.4, -0.2) is 35.6 Å². The summed E-state index contributed by atoms with van der Waals surface area (Å²) in [7, 11) is -4.32. The molecule has 2 N–H and O–H groups in total. The van der Waals surface area contributed by atoms with Crippen molar-refractivity contribution >= 4 is 20.6 Å². The molecule has 19 heavy (non-hydrogen) atoms. The molecule has 0 bridgehead atoms. The van der Waals surface area contributed by atoms with E-state index in [-0.39, 0.29) is 22.8 Å². The van der Waals surface area contributed by atoms with Gasteiger partial charge in [-0.3, -0.25) is 4.21 Å². The third-order valence-electron chi connectivity index (χ3n) is 2.98. The first kappa shape index (κ1) is 16.3. The minimum absolute atomic E-state index is 0.0579. The summed E-state index contributed by atoms with van der Waals surface area (Å²) in [6, 6.07) is 9.16. The van der Waals surface area contributed by atoms with E-state index in [0.717, 1.165) is 11.8 Å². The normalized spacial score (nSPS) is 16.8. The van der Waals surface area contributed by atoms with Crippen LogP contribution in [0.25, 0.3) is 0 Å². The van der Waals surface area contributed by atoms with Gasteiger partial charge in [-0.2, -0.15) is 0 Å². The van der Waals surface area contributed by atoms with Gasteiger partial charge in [0.15, 0.2) is 0 Å². The van der Waals surface area contributed by atoms with Crippen LogP contribution in [-0.2, 0) is 20.6 Å². The topological polar surface area (TPSA) is 77.2 Å². The van der Waals surface area contributed by atoms with Crippen molar-refractivity contribution in [2.24, 2.45) is 5.73 Å². The fraction of sp³-hybridized carbons (Fsp3) is 0.538. The lowest BCUT2D eigenvalue weighted by Gasteiger charge is -2.22. The van der Waals surface area contributed by atoms with Crippen LogP contribution in [0.3, 0.4) is 0 Å². The van der Waals surface area contributed by atoms with Gasteiger partial charge in [0.05, 0.1) is 11.0 Å². The molecule has 1 rings (SSSR count). The highest BCUT2D eigenvalue weighted by atomic mass is 32.2. The summed E-state index contributed by atoms with van der Waals surface area (Å²) in [5.74, 6) is 0.0928. The van der Waals surface area contributed by atoms with Gasteiger partial charge in [0.25, 0.3) is 0 Å². The average Bonchev–Trinajstić information content (AvgIpc) is 2.37. The minimum Gasteiger partial charge on any atom is -0.323 e. The predicted molar refractivity (Wildman–Crippen MR) is 80.2 cm³/mol. The molecule has 0 aromatic heterocycles. The Labute approximate surface area is 117 Å². The highest BCUT2D eigenvalue weighted by Crippen LogP contribution is 2.20. The smallest absolute Gasteiger partial charge is 0.148 e. The van der Waals surface area contributed by atoms with Gasteiger partial charge in [-0.25, -0.2) is 8.42 Å². The SMILES string of the molecule is CCC(C(N)c1ccccc1)S(=O)CCS(C)(=O)=O. The number of rotatable bonds is 7. The second kappa shape index (κ2) is 7.17. The average molecular weight is 303 g/mol. The van der Waals surface area contributed by atoms with E-state index in [9.17, 15) is 12.6 Å². The monoisotopic (exact) mass is 303 g/mol. The van der Waals surface area contributed by atoms with Crippen LogP contribution in [0.5, 0.6) is 0 Å². The van der Waals surface area contributed by atoms with E-state index in [2.05, 4.69) is 0 Å². The number of sulfone groups is 1. The standard InChI is InChI=1S/C13H21NO3S2/c1-3-12(18(15)9-10-19(2,16)17)13(14)11-7-5-4-6-8-11/h4-8,12-13H,3,9-10,14H2,1-2H3. The molecule has 0 saturated heterocycles. The summed E-state index contributed by atoms with van der Waals surface area (Å²) in [6.45, 7) is 1.92. The molecule has 6 heteroatoms. The third kappa shape index (κ3) is 5.42. The molecule has 0 aliphatic carbocycles. The fourth-order valence-corrected chi connectivity index (χ4v) is 4.90. The van der Waals surface area contributed by atoms with Gasteiger partial charge in [-0.1, -0.05) is 37.3 Å². The molecule has 3 atom stereocenters. The zero-order chi connectivity index (χ0) is 14.5. The van der Waals surface area contributed by atoms with Crippen LogP contribution in [0.1, 0.15) is 24.9 Å². The van der Waals surface area contributed by atoms with Crippen molar-refractivity contribution in [1.82, 2.24) is 0 Å². The Hall–Kier alpha value is -0.720. The number of hydrogen-bond acceptors (Lipinski definition) is 4. The Kier molecular flexibility index (Phi) is 6.16. The van der Waals surface area contributed by atoms with E-state index in [4.69, 9.17) is 5.73 Å². The van der Waals surface area contributed by atoms with Crippen molar-refractivity contribution in [3.63, 3.8) is 0 Å². The van der Waals surface area contributed by atoms with Crippen LogP contribution in [0.4, 0.5) is 0 Å². The molecular weight excluding hydrogens is 282 g/mol. The number of hydrogen-bond donors (Lipinski definition) is 1. The van der Waals surface area contributed by atoms with E-state index in [0.29, 0.717) is 6.42 Å². The van der Waals surface area contributed by atoms with Crippen LogP contribution in [0.2, 0.25) is 0 Å². The third-order valence-corrected chi connectivity index (χ3v) is 6.09. The van der Waals surface area contributed by atoms with Crippen LogP contribution >= 0.6 is 0 Å². The second-order valence-corrected chi connectivity index (χ2v) is 8.63. The molecule has 0 spiro atoms. The Bertz CT molecular complexity index is 514. The molecule has 1 aromatic carbocycles. The molecule has 0 heterocycles. The molecule has 0 radical (unpaired) electrons. The molecule has 0 aliphatic rings. The van der Waals surface area contributed by atoms with Crippen LogP contribution in [0, 0.1) is 0 Å². The quantitative estimate of drug-likeness (QED) is 0.822. The van der Waals surface area contributed by atoms with Gasteiger partial charge < -0.3 is 5.73 Å². The fourth-order valence-electron chi connectivity index (χ4n) is 1.88. The molecule has 4 nitrogen and oxygen atoms in total. The van der Waals surface area contributed by atoms with E-state index < -0.39 is 20.6 Å². The summed E-state index contributed by atoms with van der Waals surface area (Å²) in [5.41, 5.74) is 7.08. The second-order valence-electron chi connectivity index (χ2n) is 4.60. The van der Waals surface area contributed by atoms with Gasteiger partial charge in [0.2, 0.25) is 0 Å². The zero-order valence-corrected chi connectivity index (χ0v) is 12.9. The van der Waals surface area contributed by atoms with Crippen molar-refractivity contribution < 1.29 is 12.6 Å². The maximum atomic E-state index is 12.2. The van der Waals surface area contributed by atoms with Crippen LogP contribution < -0.4 is 5.73 Å². The minimum atomic E-state index is -3.09. The maximum absolute atomic E-state index is 12.2. The molecular formula is C13H21NO3S2. The number of nitrogens with two attached hydrogens (primary N) is 1. The van der Waals surface area contributed by atoms with Crippen molar-refractivity contribution in [3.05, 3.63) is 35.9 Å². The Balaban J connectivity index is 2.75. The van der Waals surface area contributed by atoms with Gasteiger partial charge in [-0.15, -0.1) is 0 Å². The molecule has 1 aromatic rings.